The van der Waals surface area contributed by atoms with Gasteiger partial charge in [-0.15, -0.1) is 0 Å². The molecular weight excluding hydrogens is 286 g/mol. The van der Waals surface area contributed by atoms with Crippen LogP contribution < -0.4 is 0 Å². The van der Waals surface area contributed by atoms with Gasteiger partial charge in [-0.3, -0.25) is 4.79 Å². The Labute approximate surface area is 127 Å². The molecule has 0 radical (unpaired) electrons. The number of amides is 1. The first-order chi connectivity index (χ1) is 9.78. The molecule has 1 amide bonds. The average molecular weight is 309 g/mol. The lowest BCUT2D eigenvalue weighted by molar-refractivity contribution is -0.131. The van der Waals surface area contributed by atoms with Crippen molar-refractivity contribution in [3.05, 3.63) is 35.4 Å². The molecule has 116 valence electrons. The maximum atomic E-state index is 12.2. The number of aryl methyl sites for hydroxylation is 1. The van der Waals surface area contributed by atoms with E-state index in [9.17, 15) is 13.2 Å². The fraction of sp³-hybridized carbons (Fsp3) is 0.562. The zero-order chi connectivity index (χ0) is 15.6. The van der Waals surface area contributed by atoms with E-state index in [0.29, 0.717) is 12.5 Å². The van der Waals surface area contributed by atoms with E-state index in [1.807, 2.05) is 24.0 Å². The predicted octanol–water partition coefficient (Wildman–Crippen LogP) is 2.13. The first kappa shape index (κ1) is 16.0. The van der Waals surface area contributed by atoms with Crippen LogP contribution in [-0.4, -0.2) is 43.8 Å². The summed E-state index contributed by atoms with van der Waals surface area (Å²) in [5, 5.41) is 0. The van der Waals surface area contributed by atoms with Crippen LogP contribution in [0.4, 0.5) is 0 Å². The fourth-order valence-corrected chi connectivity index (χ4v) is 3.61. The summed E-state index contributed by atoms with van der Waals surface area (Å²) in [5.41, 5.74) is 2.54. The van der Waals surface area contributed by atoms with Crippen molar-refractivity contribution in [3.8, 4) is 0 Å². The van der Waals surface area contributed by atoms with Crippen molar-refractivity contribution in [1.82, 2.24) is 4.90 Å². The summed E-state index contributed by atoms with van der Waals surface area (Å²) in [4.78, 5) is 14.1. The van der Waals surface area contributed by atoms with Crippen LogP contribution in [0.3, 0.4) is 0 Å². The summed E-state index contributed by atoms with van der Waals surface area (Å²) < 4.78 is 22.4. The summed E-state index contributed by atoms with van der Waals surface area (Å²) in [6, 6.07) is 8.43. The van der Waals surface area contributed by atoms with Crippen molar-refractivity contribution < 1.29 is 13.2 Å². The van der Waals surface area contributed by atoms with Gasteiger partial charge in [-0.25, -0.2) is 8.42 Å². The Bertz CT molecular complexity index is 624. The van der Waals surface area contributed by atoms with Crippen molar-refractivity contribution in [3.63, 3.8) is 0 Å². The molecule has 4 nitrogen and oxygen atoms in total. The van der Waals surface area contributed by atoms with E-state index in [1.165, 1.54) is 17.4 Å². The van der Waals surface area contributed by atoms with E-state index < -0.39 is 9.84 Å². The molecule has 1 saturated heterocycles. The summed E-state index contributed by atoms with van der Waals surface area (Å²) in [6.07, 6.45) is 2.20. The lowest BCUT2D eigenvalue weighted by Gasteiger charge is -2.21. The quantitative estimate of drug-likeness (QED) is 0.856. The van der Waals surface area contributed by atoms with Gasteiger partial charge in [0.25, 0.3) is 0 Å². The second kappa shape index (κ2) is 6.18. The van der Waals surface area contributed by atoms with E-state index in [0.717, 1.165) is 6.42 Å². The topological polar surface area (TPSA) is 54.5 Å². The summed E-state index contributed by atoms with van der Waals surface area (Å²) >= 11 is 0. The number of hydrogen-bond acceptors (Lipinski definition) is 3. The van der Waals surface area contributed by atoms with Crippen LogP contribution >= 0.6 is 0 Å². The Morgan fingerprint density at radius 2 is 2.00 bits per heavy atom. The number of sulfone groups is 1. The minimum atomic E-state index is -3.09. The first-order valence-corrected chi connectivity index (χ1v) is 9.36. The van der Waals surface area contributed by atoms with Crippen molar-refractivity contribution in [2.24, 2.45) is 0 Å². The summed E-state index contributed by atoms with van der Waals surface area (Å²) in [5.74, 6) is 0.233. The molecule has 5 heteroatoms. The second-order valence-electron chi connectivity index (χ2n) is 6.06. The standard InChI is InChI=1S/C16H23NO3S/c1-12-6-4-5-7-15(12)14-10-13(2)17(11-14)16(18)8-9-21(3,19)20/h4-7,13-14H,8-11H2,1-3H3/t13-,14+/m1/s1. The molecule has 0 N–H and O–H groups in total. The van der Waals surface area contributed by atoms with Crippen LogP contribution in [0.5, 0.6) is 0 Å². The van der Waals surface area contributed by atoms with Crippen molar-refractivity contribution in [1.29, 1.82) is 0 Å². The molecule has 0 saturated carbocycles. The number of likely N-dealkylation sites (tertiary alicyclic amines) is 1. The molecule has 0 spiro atoms. The van der Waals surface area contributed by atoms with Crippen LogP contribution in [-0.2, 0) is 14.6 Å². The van der Waals surface area contributed by atoms with Crippen LogP contribution in [0.2, 0.25) is 0 Å². The molecule has 1 aromatic rings. The predicted molar refractivity (Wildman–Crippen MR) is 84.0 cm³/mol. The highest BCUT2D eigenvalue weighted by Gasteiger charge is 2.33. The van der Waals surface area contributed by atoms with Gasteiger partial charge < -0.3 is 4.90 Å². The highest BCUT2D eigenvalue weighted by molar-refractivity contribution is 7.90. The van der Waals surface area contributed by atoms with Gasteiger partial charge in [-0.05, 0) is 31.4 Å². The number of carbonyl (C=O) groups excluding carboxylic acids is 1. The number of rotatable bonds is 4. The Morgan fingerprint density at radius 1 is 1.33 bits per heavy atom. The minimum Gasteiger partial charge on any atom is -0.339 e. The highest BCUT2D eigenvalue weighted by Crippen LogP contribution is 2.33. The zero-order valence-electron chi connectivity index (χ0n) is 12.9. The molecule has 1 fully saturated rings. The van der Waals surface area contributed by atoms with E-state index >= 15 is 0 Å². The highest BCUT2D eigenvalue weighted by atomic mass is 32.2. The van der Waals surface area contributed by atoms with Gasteiger partial charge in [0.2, 0.25) is 5.91 Å². The molecule has 1 aromatic carbocycles. The molecule has 2 atom stereocenters. The van der Waals surface area contributed by atoms with E-state index in [1.54, 1.807) is 0 Å². The van der Waals surface area contributed by atoms with Crippen LogP contribution in [0.15, 0.2) is 24.3 Å². The molecule has 1 aliphatic rings. The third kappa shape index (κ3) is 4.06. The van der Waals surface area contributed by atoms with Crippen molar-refractivity contribution in [2.75, 3.05) is 18.6 Å². The maximum Gasteiger partial charge on any atom is 0.223 e. The van der Waals surface area contributed by atoms with Crippen LogP contribution in [0.1, 0.15) is 36.8 Å². The van der Waals surface area contributed by atoms with Gasteiger partial charge in [0.05, 0.1) is 5.75 Å². The van der Waals surface area contributed by atoms with Gasteiger partial charge in [0.1, 0.15) is 9.84 Å². The van der Waals surface area contributed by atoms with E-state index in [-0.39, 0.29) is 24.1 Å². The van der Waals surface area contributed by atoms with Crippen LogP contribution in [0, 0.1) is 6.92 Å². The lowest BCUT2D eigenvalue weighted by Crippen LogP contribution is -2.34. The average Bonchev–Trinajstić information content (AvgIpc) is 2.77. The van der Waals surface area contributed by atoms with E-state index in [4.69, 9.17) is 0 Å². The van der Waals surface area contributed by atoms with Gasteiger partial charge in [-0.2, -0.15) is 0 Å². The second-order valence-corrected chi connectivity index (χ2v) is 8.32. The third-order valence-electron chi connectivity index (χ3n) is 4.21. The molecule has 0 bridgehead atoms. The van der Waals surface area contributed by atoms with Gasteiger partial charge in [0.15, 0.2) is 0 Å². The molecule has 1 heterocycles. The zero-order valence-corrected chi connectivity index (χ0v) is 13.7. The minimum absolute atomic E-state index is 0.0518. The first-order valence-electron chi connectivity index (χ1n) is 7.30. The SMILES string of the molecule is Cc1ccccc1[C@H]1C[C@@H](C)N(C(=O)CCS(C)(=O)=O)C1. The molecule has 0 aliphatic carbocycles. The van der Waals surface area contributed by atoms with Crippen molar-refractivity contribution >= 4 is 15.7 Å². The Hall–Kier alpha value is -1.36. The normalized spacial score (nSPS) is 22.5. The van der Waals surface area contributed by atoms with E-state index in [2.05, 4.69) is 19.1 Å². The number of nitrogens with zero attached hydrogens (tertiary/aromatic N) is 1. The summed E-state index contributed by atoms with van der Waals surface area (Å²) in [6.45, 7) is 4.82. The van der Waals surface area contributed by atoms with Gasteiger partial charge in [-0.1, -0.05) is 24.3 Å². The molecule has 21 heavy (non-hydrogen) atoms. The van der Waals surface area contributed by atoms with Gasteiger partial charge in [0, 0.05) is 31.2 Å². The number of carbonyl (C=O) groups is 1. The number of benzene rings is 1. The molecular formula is C16H23NO3S. The third-order valence-corrected chi connectivity index (χ3v) is 5.16. The molecule has 1 aliphatic heterocycles. The lowest BCUT2D eigenvalue weighted by atomic mass is 9.93. The smallest absolute Gasteiger partial charge is 0.223 e. The monoisotopic (exact) mass is 309 g/mol. The largest absolute Gasteiger partial charge is 0.339 e. The van der Waals surface area contributed by atoms with Gasteiger partial charge >= 0.3 is 0 Å². The molecule has 2 rings (SSSR count). The Balaban J connectivity index is 2.04. The Morgan fingerprint density at radius 3 is 2.62 bits per heavy atom. The van der Waals surface area contributed by atoms with Crippen LogP contribution in [0.25, 0.3) is 0 Å². The summed E-state index contributed by atoms with van der Waals surface area (Å²) in [7, 11) is -3.09. The Kier molecular flexibility index (Phi) is 4.71. The van der Waals surface area contributed by atoms with Crippen molar-refractivity contribution in [2.45, 2.75) is 38.6 Å². The molecule has 0 aromatic heterocycles. The fourth-order valence-electron chi connectivity index (χ4n) is 3.07. The number of hydrogen-bond donors (Lipinski definition) is 0. The molecule has 0 unspecified atom stereocenters. The maximum absolute atomic E-state index is 12.2.